The number of hydrogen-bond donors (Lipinski definition) is 1. The second-order valence-corrected chi connectivity index (χ2v) is 2.68. The summed E-state index contributed by atoms with van der Waals surface area (Å²) in [4.78, 5) is 8.26. The lowest BCUT2D eigenvalue weighted by Gasteiger charge is -1.96. The number of halogens is 1. The third-order valence-corrected chi connectivity index (χ3v) is 1.61. The minimum atomic E-state index is 0. The fourth-order valence-corrected chi connectivity index (χ4v) is 1.16. The van der Waals surface area contributed by atoms with Crippen molar-refractivity contribution in [1.82, 2.24) is 19.6 Å². The minimum Gasteiger partial charge on any atom is -0.382 e. The Morgan fingerprint density at radius 1 is 1.31 bits per heavy atom. The molecule has 0 aliphatic carbocycles. The van der Waals surface area contributed by atoms with E-state index in [2.05, 4.69) is 15.1 Å². The predicted octanol–water partition coefficient (Wildman–Crippen LogP) is 0.745. The average Bonchev–Trinajstić information content (AvgIpc) is 2.29. The number of nitrogens with two attached hydrogens (primary N) is 1. The molecule has 0 saturated carbocycles. The summed E-state index contributed by atoms with van der Waals surface area (Å²) in [7, 11) is 0. The first-order chi connectivity index (χ1) is 5.66. The van der Waals surface area contributed by atoms with E-state index in [1.807, 2.05) is 13.8 Å². The molecule has 2 N–H and O–H groups in total. The number of hydrogen-bond acceptors (Lipinski definition) is 4. The molecule has 0 saturated heterocycles. The standard InChI is InChI=1S/C7H9N5.ClH/c1-4-7-10-5(2)11-12(7)3-6(8)9-4;/h3H,8H2,1-2H3;1H. The van der Waals surface area contributed by atoms with Crippen LogP contribution >= 0.6 is 12.4 Å². The fourth-order valence-electron chi connectivity index (χ4n) is 1.16. The molecule has 0 radical (unpaired) electrons. The number of rotatable bonds is 0. The SMILES string of the molecule is Cc1nc2c(C)nc(N)cn2n1.Cl. The van der Waals surface area contributed by atoms with Crippen molar-refractivity contribution in [2.75, 3.05) is 5.73 Å². The third kappa shape index (κ3) is 1.55. The quantitative estimate of drug-likeness (QED) is 0.680. The molecule has 2 aromatic heterocycles. The Kier molecular flexibility index (Phi) is 2.38. The van der Waals surface area contributed by atoms with Crippen LogP contribution in [-0.2, 0) is 0 Å². The number of aryl methyl sites for hydroxylation is 2. The summed E-state index contributed by atoms with van der Waals surface area (Å²) in [6, 6.07) is 0. The van der Waals surface area contributed by atoms with Gasteiger partial charge in [-0.2, -0.15) is 5.10 Å². The topological polar surface area (TPSA) is 69.1 Å². The van der Waals surface area contributed by atoms with Crippen LogP contribution in [0.1, 0.15) is 11.5 Å². The summed E-state index contributed by atoms with van der Waals surface area (Å²) in [5.74, 6) is 1.19. The summed E-state index contributed by atoms with van der Waals surface area (Å²) in [5.41, 5.74) is 7.10. The van der Waals surface area contributed by atoms with Crippen LogP contribution < -0.4 is 5.73 Å². The number of fused-ring (bicyclic) bond motifs is 1. The van der Waals surface area contributed by atoms with Gasteiger partial charge < -0.3 is 5.73 Å². The molecule has 0 unspecified atom stereocenters. The molecule has 0 fully saturated rings. The zero-order valence-corrected chi connectivity index (χ0v) is 8.17. The van der Waals surface area contributed by atoms with E-state index < -0.39 is 0 Å². The molecular weight excluding hydrogens is 190 g/mol. The highest BCUT2D eigenvalue weighted by Gasteiger charge is 2.03. The van der Waals surface area contributed by atoms with Crippen molar-refractivity contribution in [3.8, 4) is 0 Å². The Balaban J connectivity index is 0.000000845. The van der Waals surface area contributed by atoms with Crippen molar-refractivity contribution in [3.63, 3.8) is 0 Å². The van der Waals surface area contributed by atoms with Crippen molar-refractivity contribution in [3.05, 3.63) is 17.7 Å². The Morgan fingerprint density at radius 3 is 2.69 bits per heavy atom. The van der Waals surface area contributed by atoms with E-state index in [1.54, 1.807) is 10.7 Å². The first-order valence-electron chi connectivity index (χ1n) is 3.63. The van der Waals surface area contributed by atoms with E-state index >= 15 is 0 Å². The van der Waals surface area contributed by atoms with Gasteiger partial charge >= 0.3 is 0 Å². The first kappa shape index (κ1) is 9.73. The van der Waals surface area contributed by atoms with Gasteiger partial charge in [-0.05, 0) is 13.8 Å². The van der Waals surface area contributed by atoms with E-state index in [0.717, 1.165) is 17.2 Å². The Hall–Kier alpha value is -1.36. The van der Waals surface area contributed by atoms with Crippen molar-refractivity contribution >= 4 is 23.9 Å². The first-order valence-corrected chi connectivity index (χ1v) is 3.63. The van der Waals surface area contributed by atoms with Crippen LogP contribution in [0.3, 0.4) is 0 Å². The van der Waals surface area contributed by atoms with Gasteiger partial charge in [-0.3, -0.25) is 0 Å². The van der Waals surface area contributed by atoms with Crippen LogP contribution in [0.5, 0.6) is 0 Å². The monoisotopic (exact) mass is 199 g/mol. The van der Waals surface area contributed by atoms with Crippen LogP contribution in [0.15, 0.2) is 6.20 Å². The second kappa shape index (κ2) is 3.18. The zero-order chi connectivity index (χ0) is 8.72. The molecule has 2 heterocycles. The smallest absolute Gasteiger partial charge is 0.176 e. The predicted molar refractivity (Wildman–Crippen MR) is 51.9 cm³/mol. The summed E-state index contributed by atoms with van der Waals surface area (Å²) < 4.78 is 1.65. The van der Waals surface area contributed by atoms with Crippen molar-refractivity contribution < 1.29 is 0 Å². The van der Waals surface area contributed by atoms with Gasteiger partial charge in [-0.15, -0.1) is 12.4 Å². The number of aromatic nitrogens is 4. The maximum absolute atomic E-state index is 5.53. The third-order valence-electron chi connectivity index (χ3n) is 1.61. The van der Waals surface area contributed by atoms with Crippen molar-refractivity contribution in [2.45, 2.75) is 13.8 Å². The van der Waals surface area contributed by atoms with Crippen molar-refractivity contribution in [2.24, 2.45) is 0 Å². The molecule has 5 nitrogen and oxygen atoms in total. The zero-order valence-electron chi connectivity index (χ0n) is 7.35. The molecule has 70 valence electrons. The van der Waals surface area contributed by atoms with E-state index in [4.69, 9.17) is 5.73 Å². The maximum atomic E-state index is 5.53. The van der Waals surface area contributed by atoms with E-state index in [0.29, 0.717) is 5.82 Å². The number of anilines is 1. The van der Waals surface area contributed by atoms with Gasteiger partial charge in [0.1, 0.15) is 11.6 Å². The highest BCUT2D eigenvalue weighted by Crippen LogP contribution is 2.07. The highest BCUT2D eigenvalue weighted by atomic mass is 35.5. The molecule has 0 aliphatic rings. The van der Waals surface area contributed by atoms with Gasteiger partial charge in [0, 0.05) is 0 Å². The second-order valence-electron chi connectivity index (χ2n) is 2.68. The van der Waals surface area contributed by atoms with Gasteiger partial charge in [-0.25, -0.2) is 14.5 Å². The molecule has 0 atom stereocenters. The lowest BCUT2D eigenvalue weighted by atomic mass is 10.5. The highest BCUT2D eigenvalue weighted by molar-refractivity contribution is 5.85. The van der Waals surface area contributed by atoms with Gasteiger partial charge in [0.2, 0.25) is 0 Å². The van der Waals surface area contributed by atoms with Crippen LogP contribution in [-0.4, -0.2) is 19.6 Å². The average molecular weight is 200 g/mol. The maximum Gasteiger partial charge on any atom is 0.176 e. The van der Waals surface area contributed by atoms with E-state index in [-0.39, 0.29) is 12.4 Å². The lowest BCUT2D eigenvalue weighted by Crippen LogP contribution is -1.98. The van der Waals surface area contributed by atoms with E-state index in [1.165, 1.54) is 0 Å². The Bertz CT molecular complexity index is 436. The molecule has 13 heavy (non-hydrogen) atoms. The molecule has 0 spiro atoms. The summed E-state index contributed by atoms with van der Waals surface area (Å²) in [6.07, 6.45) is 1.66. The summed E-state index contributed by atoms with van der Waals surface area (Å²) >= 11 is 0. The fraction of sp³-hybridized carbons (Fsp3) is 0.286. The molecule has 2 rings (SSSR count). The number of nitrogen functional groups attached to an aromatic ring is 1. The molecule has 6 heteroatoms. The lowest BCUT2D eigenvalue weighted by molar-refractivity contribution is 0.916. The van der Waals surface area contributed by atoms with E-state index in [9.17, 15) is 0 Å². The van der Waals surface area contributed by atoms with Gasteiger partial charge in [0.25, 0.3) is 0 Å². The molecular formula is C7H10ClN5. The normalized spacial score (nSPS) is 10.0. The summed E-state index contributed by atoms with van der Waals surface area (Å²) in [5, 5.41) is 4.12. The Labute approximate surface area is 81.4 Å². The van der Waals surface area contributed by atoms with Gasteiger partial charge in [0.15, 0.2) is 5.65 Å². The molecule has 2 aromatic rings. The minimum absolute atomic E-state index is 0. The van der Waals surface area contributed by atoms with Crippen LogP contribution in [0, 0.1) is 13.8 Å². The molecule has 0 aromatic carbocycles. The molecule has 0 aliphatic heterocycles. The van der Waals surface area contributed by atoms with Crippen LogP contribution in [0.4, 0.5) is 5.82 Å². The molecule has 0 bridgehead atoms. The Morgan fingerprint density at radius 2 is 2.00 bits per heavy atom. The van der Waals surface area contributed by atoms with Gasteiger partial charge in [-0.1, -0.05) is 0 Å². The molecule has 0 amide bonds. The number of nitrogens with zero attached hydrogens (tertiary/aromatic N) is 4. The van der Waals surface area contributed by atoms with Crippen molar-refractivity contribution in [1.29, 1.82) is 0 Å². The largest absolute Gasteiger partial charge is 0.382 e. The van der Waals surface area contributed by atoms with Gasteiger partial charge in [0.05, 0.1) is 11.9 Å². The van der Waals surface area contributed by atoms with Crippen LogP contribution in [0.25, 0.3) is 5.65 Å². The van der Waals surface area contributed by atoms with Crippen LogP contribution in [0.2, 0.25) is 0 Å². The summed E-state index contributed by atoms with van der Waals surface area (Å²) in [6.45, 7) is 3.70.